The summed E-state index contributed by atoms with van der Waals surface area (Å²) in [6.07, 6.45) is 2.85. The molecular formula is C23H26N2OS. The minimum absolute atomic E-state index is 0.255. The van der Waals surface area contributed by atoms with Crippen molar-refractivity contribution in [1.82, 2.24) is 4.98 Å². The van der Waals surface area contributed by atoms with Crippen molar-refractivity contribution in [2.45, 2.75) is 27.2 Å². The monoisotopic (exact) mass is 378 g/mol. The van der Waals surface area contributed by atoms with Crippen molar-refractivity contribution < 1.29 is 4.74 Å². The maximum absolute atomic E-state index is 6.06. The molecule has 0 amide bonds. The van der Waals surface area contributed by atoms with Gasteiger partial charge in [-0.3, -0.25) is 0 Å². The highest BCUT2D eigenvalue weighted by atomic mass is 32.1. The Morgan fingerprint density at radius 3 is 2.67 bits per heavy atom. The predicted molar refractivity (Wildman–Crippen MR) is 117 cm³/mol. The van der Waals surface area contributed by atoms with Crippen molar-refractivity contribution in [1.29, 1.82) is 0 Å². The van der Waals surface area contributed by atoms with Crippen LogP contribution >= 0.6 is 11.3 Å². The standard InChI is InChI=1S/C23H26N2OS/c1-5-16-9-6-7-12-19(16)20-21(27-22(24)25-20)17-10-8-11-18(15-17)26-14-13-23(2,3)4/h5-12,15H,1,13-14H2,2-4H3,(H2,24,25). The number of nitrogen functional groups attached to an aromatic ring is 1. The molecule has 0 bridgehead atoms. The Kier molecular flexibility index (Phi) is 5.66. The molecule has 0 saturated carbocycles. The Balaban J connectivity index is 1.94. The molecule has 2 N–H and O–H groups in total. The Hall–Kier alpha value is -2.59. The number of hydrogen-bond donors (Lipinski definition) is 1. The van der Waals surface area contributed by atoms with Crippen LogP contribution in [0.3, 0.4) is 0 Å². The van der Waals surface area contributed by atoms with Gasteiger partial charge in [0, 0.05) is 5.56 Å². The van der Waals surface area contributed by atoms with Gasteiger partial charge in [-0.05, 0) is 35.1 Å². The van der Waals surface area contributed by atoms with Crippen LogP contribution in [0.15, 0.2) is 55.1 Å². The molecular weight excluding hydrogens is 352 g/mol. The minimum Gasteiger partial charge on any atom is -0.494 e. The quantitative estimate of drug-likeness (QED) is 0.531. The highest BCUT2D eigenvalue weighted by Crippen LogP contribution is 2.40. The Morgan fingerprint density at radius 1 is 1.15 bits per heavy atom. The van der Waals surface area contributed by atoms with E-state index in [2.05, 4.69) is 50.5 Å². The van der Waals surface area contributed by atoms with Crippen molar-refractivity contribution in [2.75, 3.05) is 12.3 Å². The van der Waals surface area contributed by atoms with Crippen molar-refractivity contribution in [3.05, 3.63) is 60.7 Å². The third kappa shape index (κ3) is 4.77. The van der Waals surface area contributed by atoms with Gasteiger partial charge in [0.15, 0.2) is 5.13 Å². The lowest BCUT2D eigenvalue weighted by atomic mass is 9.93. The first-order chi connectivity index (χ1) is 12.9. The van der Waals surface area contributed by atoms with E-state index in [1.54, 1.807) is 0 Å². The number of aromatic nitrogens is 1. The summed E-state index contributed by atoms with van der Waals surface area (Å²) < 4.78 is 5.98. The molecule has 140 valence electrons. The van der Waals surface area contributed by atoms with Gasteiger partial charge in [-0.25, -0.2) is 4.98 Å². The third-order valence-corrected chi connectivity index (χ3v) is 5.23. The molecule has 27 heavy (non-hydrogen) atoms. The summed E-state index contributed by atoms with van der Waals surface area (Å²) in [6, 6.07) is 16.2. The number of rotatable bonds is 6. The van der Waals surface area contributed by atoms with E-state index in [0.717, 1.165) is 39.4 Å². The van der Waals surface area contributed by atoms with E-state index in [1.165, 1.54) is 11.3 Å². The molecule has 3 aromatic rings. The van der Waals surface area contributed by atoms with Gasteiger partial charge in [0.2, 0.25) is 0 Å². The summed E-state index contributed by atoms with van der Waals surface area (Å²) in [5.41, 5.74) is 10.3. The Morgan fingerprint density at radius 2 is 1.93 bits per heavy atom. The van der Waals surface area contributed by atoms with Gasteiger partial charge in [-0.1, -0.05) is 81.2 Å². The van der Waals surface area contributed by atoms with Gasteiger partial charge >= 0.3 is 0 Å². The number of benzene rings is 2. The molecule has 0 aliphatic heterocycles. The highest BCUT2D eigenvalue weighted by molar-refractivity contribution is 7.19. The molecule has 0 fully saturated rings. The fourth-order valence-electron chi connectivity index (χ4n) is 2.81. The zero-order valence-electron chi connectivity index (χ0n) is 16.2. The van der Waals surface area contributed by atoms with Crippen molar-refractivity contribution in [3.63, 3.8) is 0 Å². The lowest BCUT2D eigenvalue weighted by Crippen LogP contribution is -2.11. The second kappa shape index (κ2) is 7.97. The molecule has 1 aromatic heterocycles. The van der Waals surface area contributed by atoms with Crippen LogP contribution in [0, 0.1) is 5.41 Å². The van der Waals surface area contributed by atoms with Crippen molar-refractivity contribution in [3.8, 4) is 27.4 Å². The second-order valence-corrected chi connectivity index (χ2v) is 8.74. The number of nitrogens with two attached hydrogens (primary N) is 1. The predicted octanol–water partition coefficient (Wildman–Crippen LogP) is 6.52. The molecule has 0 radical (unpaired) electrons. The van der Waals surface area contributed by atoms with Crippen molar-refractivity contribution >= 4 is 22.5 Å². The molecule has 1 heterocycles. The fourth-order valence-corrected chi connectivity index (χ4v) is 3.65. The summed E-state index contributed by atoms with van der Waals surface area (Å²) in [7, 11) is 0. The van der Waals surface area contributed by atoms with Gasteiger partial charge in [-0.2, -0.15) is 0 Å². The van der Waals surface area contributed by atoms with E-state index < -0.39 is 0 Å². The second-order valence-electron chi connectivity index (χ2n) is 7.71. The van der Waals surface area contributed by atoms with Crippen molar-refractivity contribution in [2.24, 2.45) is 5.41 Å². The average molecular weight is 379 g/mol. The largest absolute Gasteiger partial charge is 0.494 e. The van der Waals surface area contributed by atoms with E-state index >= 15 is 0 Å². The number of ether oxygens (including phenoxy) is 1. The van der Waals surface area contributed by atoms with E-state index in [4.69, 9.17) is 10.5 Å². The smallest absolute Gasteiger partial charge is 0.181 e. The lowest BCUT2D eigenvalue weighted by Gasteiger charge is -2.18. The van der Waals surface area contributed by atoms with Gasteiger partial charge < -0.3 is 10.5 Å². The third-order valence-electron chi connectivity index (χ3n) is 4.30. The van der Waals surface area contributed by atoms with Gasteiger partial charge in [0.05, 0.1) is 17.2 Å². The molecule has 3 nitrogen and oxygen atoms in total. The van der Waals surface area contributed by atoms with E-state index in [0.29, 0.717) is 11.7 Å². The van der Waals surface area contributed by atoms with Crippen LogP contribution < -0.4 is 10.5 Å². The van der Waals surface area contributed by atoms with Gasteiger partial charge in [0.1, 0.15) is 5.75 Å². The van der Waals surface area contributed by atoms with Crippen LogP contribution in [0.5, 0.6) is 5.75 Å². The molecule has 0 aliphatic carbocycles. The van der Waals surface area contributed by atoms with E-state index in [9.17, 15) is 0 Å². The van der Waals surface area contributed by atoms with Crippen LogP contribution in [0.2, 0.25) is 0 Å². The van der Waals surface area contributed by atoms with Gasteiger partial charge in [-0.15, -0.1) is 0 Å². The number of thiazole rings is 1. The maximum atomic E-state index is 6.06. The van der Waals surface area contributed by atoms with Crippen LogP contribution in [0.1, 0.15) is 32.8 Å². The molecule has 0 aliphatic rings. The minimum atomic E-state index is 0.255. The molecule has 3 rings (SSSR count). The summed E-state index contributed by atoms with van der Waals surface area (Å²) in [6.45, 7) is 11.3. The Bertz CT molecular complexity index is 938. The van der Waals surface area contributed by atoms with Crippen LogP contribution in [0.25, 0.3) is 27.8 Å². The van der Waals surface area contributed by atoms with Crippen LogP contribution in [0.4, 0.5) is 5.13 Å². The summed E-state index contributed by atoms with van der Waals surface area (Å²) >= 11 is 1.50. The zero-order chi connectivity index (χ0) is 19.4. The fraction of sp³-hybridized carbons (Fsp3) is 0.261. The number of anilines is 1. The number of hydrogen-bond acceptors (Lipinski definition) is 4. The zero-order valence-corrected chi connectivity index (χ0v) is 17.0. The lowest BCUT2D eigenvalue weighted by molar-refractivity contribution is 0.243. The normalized spacial score (nSPS) is 11.4. The SMILES string of the molecule is C=Cc1ccccc1-c1nc(N)sc1-c1cccc(OCCC(C)(C)C)c1. The molecule has 4 heteroatoms. The van der Waals surface area contributed by atoms with E-state index in [1.807, 2.05) is 36.4 Å². The molecule has 0 saturated heterocycles. The first kappa shape index (κ1) is 19.2. The van der Waals surface area contributed by atoms with Crippen LogP contribution in [-0.4, -0.2) is 11.6 Å². The Labute approximate surface area is 165 Å². The molecule has 0 unspecified atom stereocenters. The number of nitrogens with zero attached hydrogens (tertiary/aromatic N) is 1. The first-order valence-electron chi connectivity index (χ1n) is 9.09. The van der Waals surface area contributed by atoms with Gasteiger partial charge in [0.25, 0.3) is 0 Å². The van der Waals surface area contributed by atoms with Crippen LogP contribution in [-0.2, 0) is 0 Å². The first-order valence-corrected chi connectivity index (χ1v) is 9.90. The van der Waals surface area contributed by atoms with E-state index in [-0.39, 0.29) is 5.41 Å². The molecule has 2 aromatic carbocycles. The maximum Gasteiger partial charge on any atom is 0.181 e. The highest BCUT2D eigenvalue weighted by Gasteiger charge is 2.16. The molecule has 0 atom stereocenters. The average Bonchev–Trinajstić information content (AvgIpc) is 3.02. The summed E-state index contributed by atoms with van der Waals surface area (Å²) in [5, 5.41) is 0.554. The summed E-state index contributed by atoms with van der Waals surface area (Å²) in [5.74, 6) is 0.867. The summed E-state index contributed by atoms with van der Waals surface area (Å²) in [4.78, 5) is 5.64. The molecule has 0 spiro atoms. The topological polar surface area (TPSA) is 48.1 Å².